The van der Waals surface area contributed by atoms with Gasteiger partial charge in [-0.05, 0) is 42.0 Å². The lowest BCUT2D eigenvalue weighted by atomic mass is 9.45. The van der Waals surface area contributed by atoms with E-state index >= 15 is 0 Å². The van der Waals surface area contributed by atoms with Crippen LogP contribution in [0.1, 0.15) is 64.7 Å². The van der Waals surface area contributed by atoms with Crippen molar-refractivity contribution in [3.63, 3.8) is 0 Å². The summed E-state index contributed by atoms with van der Waals surface area (Å²) in [6, 6.07) is 8.45. The molecule has 5 rings (SSSR count). The fourth-order valence-corrected chi connectivity index (χ4v) is 8.28. The van der Waals surface area contributed by atoms with Gasteiger partial charge in [0.2, 0.25) is 0 Å². The van der Waals surface area contributed by atoms with Gasteiger partial charge in [0.15, 0.2) is 5.60 Å². The molecule has 10 heteroatoms. The summed E-state index contributed by atoms with van der Waals surface area (Å²) in [7, 11) is 0. The normalized spacial score (nSPS) is 41.0. The Morgan fingerprint density at radius 3 is 2.17 bits per heavy atom. The van der Waals surface area contributed by atoms with Gasteiger partial charge < -0.3 is 34.3 Å². The lowest BCUT2D eigenvalue weighted by Crippen LogP contribution is -2.80. The number of carbonyl (C=O) groups is 3. The van der Waals surface area contributed by atoms with Gasteiger partial charge in [-0.15, -0.1) is 0 Å². The Kier molecular flexibility index (Phi) is 7.38. The molecule has 10 nitrogen and oxygen atoms in total. The van der Waals surface area contributed by atoms with Crippen molar-refractivity contribution in [2.75, 3.05) is 6.61 Å². The van der Waals surface area contributed by atoms with E-state index < -0.39 is 82.8 Å². The van der Waals surface area contributed by atoms with Gasteiger partial charge in [-0.3, -0.25) is 9.59 Å². The number of hydrogen-bond acceptors (Lipinski definition) is 10. The molecule has 1 aromatic rings. The first-order valence-electron chi connectivity index (χ1n) is 14.2. The minimum Gasteiger partial charge on any atom is -0.458 e. The van der Waals surface area contributed by atoms with Crippen molar-refractivity contribution in [3.05, 3.63) is 47.0 Å². The molecular weight excluding hydrogens is 532 g/mol. The second-order valence-electron chi connectivity index (χ2n) is 12.8. The molecule has 0 unspecified atom stereocenters. The van der Waals surface area contributed by atoms with E-state index in [9.17, 15) is 29.7 Å². The molecule has 41 heavy (non-hydrogen) atoms. The number of esters is 3. The number of aliphatic hydroxyl groups is 3. The van der Waals surface area contributed by atoms with Crippen LogP contribution in [0.25, 0.3) is 0 Å². The van der Waals surface area contributed by atoms with Crippen molar-refractivity contribution >= 4 is 17.9 Å². The molecule has 3 N–H and O–H groups in total. The van der Waals surface area contributed by atoms with E-state index in [2.05, 4.69) is 0 Å². The number of rotatable bonds is 4. The molecule has 0 spiro atoms. The summed E-state index contributed by atoms with van der Waals surface area (Å²) in [5, 5.41) is 35.5. The quantitative estimate of drug-likeness (QED) is 0.279. The Morgan fingerprint density at radius 1 is 0.951 bits per heavy atom. The minimum absolute atomic E-state index is 0.0331. The maximum Gasteiger partial charge on any atom is 0.338 e. The van der Waals surface area contributed by atoms with E-state index in [1.54, 1.807) is 44.2 Å². The maximum absolute atomic E-state index is 13.7. The van der Waals surface area contributed by atoms with Gasteiger partial charge in [0, 0.05) is 31.6 Å². The molecule has 2 bridgehead atoms. The van der Waals surface area contributed by atoms with E-state index in [0.29, 0.717) is 16.7 Å². The monoisotopic (exact) mass is 572 g/mol. The summed E-state index contributed by atoms with van der Waals surface area (Å²) in [6.07, 6.45) is -6.44. The first-order chi connectivity index (χ1) is 19.2. The average molecular weight is 573 g/mol. The fourth-order valence-electron chi connectivity index (χ4n) is 8.28. The summed E-state index contributed by atoms with van der Waals surface area (Å²) in [6.45, 7) is 9.74. The first-order valence-corrected chi connectivity index (χ1v) is 14.2. The number of fused-ring (bicyclic) bond motifs is 5. The van der Waals surface area contributed by atoms with Gasteiger partial charge in [-0.25, -0.2) is 4.79 Å². The Labute approximate surface area is 239 Å². The highest BCUT2D eigenvalue weighted by molar-refractivity contribution is 5.89. The Balaban J connectivity index is 1.77. The van der Waals surface area contributed by atoms with E-state index in [-0.39, 0.29) is 19.4 Å². The molecule has 1 aromatic carbocycles. The highest BCUT2D eigenvalue weighted by Gasteiger charge is 2.75. The molecule has 0 amide bonds. The van der Waals surface area contributed by atoms with Crippen LogP contribution in [0.15, 0.2) is 41.5 Å². The molecule has 0 radical (unpaired) electrons. The number of hydrogen-bond donors (Lipinski definition) is 3. The van der Waals surface area contributed by atoms with Crippen molar-refractivity contribution in [2.24, 2.45) is 22.7 Å². The van der Waals surface area contributed by atoms with Crippen LogP contribution >= 0.6 is 0 Å². The zero-order chi connectivity index (χ0) is 30.1. The molecule has 1 saturated heterocycles. The standard InChI is InChI=1S/C31H40O10/c1-15-20(39-16(2)32)12-19-25(40-28(37)18-10-8-7-9-11-18)26-30(6,27(36)24(35)23(15)29(19,4)5)21(34)13-22-31(26,14-38-22)41-17(3)33/h7-11,19-22,24-27,34-36H,12-14H2,1-6H3/t19-,20-,21-,22+,24+,25+,26-,27-,30+,31-/m0/s1. The van der Waals surface area contributed by atoms with Crippen LogP contribution in [0.4, 0.5) is 0 Å². The van der Waals surface area contributed by atoms with Crippen LogP contribution in [0.3, 0.4) is 0 Å². The second-order valence-corrected chi connectivity index (χ2v) is 12.8. The molecule has 1 aliphatic heterocycles. The summed E-state index contributed by atoms with van der Waals surface area (Å²) in [4.78, 5) is 38.4. The van der Waals surface area contributed by atoms with Gasteiger partial charge in [0.1, 0.15) is 24.4 Å². The third kappa shape index (κ3) is 4.42. The van der Waals surface area contributed by atoms with E-state index in [1.165, 1.54) is 13.8 Å². The lowest BCUT2D eigenvalue weighted by Gasteiger charge is -2.67. The lowest BCUT2D eigenvalue weighted by molar-refractivity contribution is -0.354. The van der Waals surface area contributed by atoms with Crippen LogP contribution < -0.4 is 0 Å². The smallest absolute Gasteiger partial charge is 0.338 e. The van der Waals surface area contributed by atoms with Gasteiger partial charge in [0.25, 0.3) is 0 Å². The first kappa shape index (κ1) is 29.7. The Hall–Kier alpha value is -2.79. The zero-order valence-corrected chi connectivity index (χ0v) is 24.3. The molecule has 3 aliphatic carbocycles. The predicted octanol–water partition coefficient (Wildman–Crippen LogP) is 2.33. The molecule has 1 heterocycles. The summed E-state index contributed by atoms with van der Waals surface area (Å²) in [5.41, 5.74) is -2.34. The minimum atomic E-state index is -1.56. The Bertz CT molecular complexity index is 1260. The van der Waals surface area contributed by atoms with Crippen LogP contribution in [-0.4, -0.2) is 82.1 Å². The molecule has 224 valence electrons. The third-order valence-electron chi connectivity index (χ3n) is 10.3. The van der Waals surface area contributed by atoms with E-state index in [1.807, 2.05) is 13.8 Å². The highest BCUT2D eigenvalue weighted by Crippen LogP contribution is 2.63. The van der Waals surface area contributed by atoms with Gasteiger partial charge in [-0.2, -0.15) is 0 Å². The zero-order valence-electron chi connectivity index (χ0n) is 24.3. The molecule has 0 aromatic heterocycles. The SMILES string of the molecule is CC(=O)O[C@H]1C[C@H]2[C@@H](OC(=O)c3ccccc3)[C@@H]3[C@]4(OC(C)=O)CO[C@@H]4C[C@H](O)[C@@]3(C)[C@@H](O)[C@H](O)C(=C1C)C2(C)C. The predicted molar refractivity (Wildman–Crippen MR) is 144 cm³/mol. The largest absolute Gasteiger partial charge is 0.458 e. The van der Waals surface area contributed by atoms with Crippen molar-refractivity contribution in [3.8, 4) is 0 Å². The van der Waals surface area contributed by atoms with Crippen molar-refractivity contribution in [1.29, 1.82) is 0 Å². The van der Waals surface area contributed by atoms with E-state index in [4.69, 9.17) is 18.9 Å². The van der Waals surface area contributed by atoms with Crippen molar-refractivity contribution in [1.82, 2.24) is 0 Å². The van der Waals surface area contributed by atoms with Gasteiger partial charge >= 0.3 is 17.9 Å². The van der Waals surface area contributed by atoms with Gasteiger partial charge in [0.05, 0.1) is 30.3 Å². The Morgan fingerprint density at radius 2 is 1.61 bits per heavy atom. The fraction of sp³-hybridized carbons (Fsp3) is 0.645. The molecule has 10 atom stereocenters. The van der Waals surface area contributed by atoms with Crippen molar-refractivity contribution < 1.29 is 48.7 Å². The maximum atomic E-state index is 13.7. The third-order valence-corrected chi connectivity index (χ3v) is 10.3. The number of benzene rings is 1. The number of carbonyl (C=O) groups excluding carboxylic acids is 3. The van der Waals surface area contributed by atoms with Crippen LogP contribution in [0, 0.1) is 22.7 Å². The highest BCUT2D eigenvalue weighted by atomic mass is 16.6. The summed E-state index contributed by atoms with van der Waals surface area (Å²) < 4.78 is 23.9. The second kappa shape index (κ2) is 10.2. The summed E-state index contributed by atoms with van der Waals surface area (Å²) >= 11 is 0. The molecule has 2 saturated carbocycles. The van der Waals surface area contributed by atoms with Gasteiger partial charge in [-0.1, -0.05) is 39.0 Å². The average Bonchev–Trinajstić information content (AvgIpc) is 2.89. The molecule has 3 fully saturated rings. The topological polar surface area (TPSA) is 149 Å². The molecular formula is C31H40O10. The van der Waals surface area contributed by atoms with E-state index in [0.717, 1.165) is 0 Å². The number of aliphatic hydroxyl groups excluding tert-OH is 3. The number of ether oxygens (including phenoxy) is 4. The summed E-state index contributed by atoms with van der Waals surface area (Å²) in [5.74, 6) is -3.29. The van der Waals surface area contributed by atoms with Crippen LogP contribution in [-0.2, 0) is 28.5 Å². The van der Waals surface area contributed by atoms with Crippen molar-refractivity contribution in [2.45, 2.75) is 96.6 Å². The van der Waals surface area contributed by atoms with Crippen LogP contribution in [0.2, 0.25) is 0 Å². The van der Waals surface area contributed by atoms with Crippen LogP contribution in [0.5, 0.6) is 0 Å². The molecule has 4 aliphatic rings.